The molecule has 3 aromatic rings. The van der Waals surface area contributed by atoms with E-state index in [-0.39, 0.29) is 67.6 Å². The lowest BCUT2D eigenvalue weighted by Gasteiger charge is -2.35. The van der Waals surface area contributed by atoms with Gasteiger partial charge in [0.2, 0.25) is 23.6 Å². The van der Waals surface area contributed by atoms with E-state index in [1.54, 1.807) is 11.3 Å². The second-order valence-corrected chi connectivity index (χ2v) is 16.4. The smallest absolute Gasteiger partial charge is 0.246 e. The molecule has 1 saturated heterocycles. The third kappa shape index (κ3) is 12.2. The molecule has 0 spiro atoms. The first-order valence-electron chi connectivity index (χ1n) is 18.9. The summed E-state index contributed by atoms with van der Waals surface area (Å²) in [6, 6.07) is 13.7. The van der Waals surface area contributed by atoms with Crippen LogP contribution in [0.4, 0.5) is 0 Å². The number of aliphatic hydroxyl groups excluding tert-OH is 1. The molecule has 1 fully saturated rings. The number of nitrogens with one attached hydrogen (secondary N) is 2. The van der Waals surface area contributed by atoms with Gasteiger partial charge in [0.1, 0.15) is 12.1 Å². The number of unbranched alkanes of at least 4 members (excludes halogenated alkanes) is 1. The molecule has 0 radical (unpaired) electrons. The van der Waals surface area contributed by atoms with Gasteiger partial charge in [0.25, 0.3) is 0 Å². The van der Waals surface area contributed by atoms with Crippen LogP contribution in [-0.4, -0.2) is 75.5 Å². The van der Waals surface area contributed by atoms with Crippen LogP contribution in [0.5, 0.6) is 0 Å². The van der Waals surface area contributed by atoms with Crippen molar-refractivity contribution in [1.29, 1.82) is 0 Å². The number of carbonyl (C=O) groups is 4. The summed E-state index contributed by atoms with van der Waals surface area (Å²) in [5.41, 5.74) is 17.6. The Hall–Kier alpha value is -4.17. The van der Waals surface area contributed by atoms with Crippen LogP contribution in [0.3, 0.4) is 0 Å². The van der Waals surface area contributed by atoms with Crippen molar-refractivity contribution in [3.8, 4) is 10.4 Å². The molecule has 12 nitrogen and oxygen atoms in total. The van der Waals surface area contributed by atoms with Crippen molar-refractivity contribution in [2.24, 2.45) is 16.9 Å². The number of carbonyl (C=O) groups excluding carboxylic acids is 4. The number of aliphatic hydroxyl groups is 1. The summed E-state index contributed by atoms with van der Waals surface area (Å²) >= 11 is 1.58. The molecule has 4 amide bonds. The number of amides is 4. The van der Waals surface area contributed by atoms with E-state index in [9.17, 15) is 24.3 Å². The highest BCUT2D eigenvalue weighted by Crippen LogP contribution is 2.30. The zero-order chi connectivity index (χ0) is 39.6. The lowest BCUT2D eigenvalue weighted by molar-refractivity contribution is -0.144. The molecule has 0 saturated carbocycles. The van der Waals surface area contributed by atoms with Crippen molar-refractivity contribution in [2.75, 3.05) is 6.54 Å². The highest BCUT2D eigenvalue weighted by atomic mass is 32.1. The Kier molecular flexibility index (Phi) is 15.3. The number of aromatic nitrogens is 1. The highest BCUT2D eigenvalue weighted by molar-refractivity contribution is 7.13. The first kappa shape index (κ1) is 42.6. The molecular formula is C41H58N6O6S. The average Bonchev–Trinajstić information content (AvgIpc) is 3.75. The van der Waals surface area contributed by atoms with Crippen molar-refractivity contribution in [3.63, 3.8) is 0 Å². The minimum absolute atomic E-state index is 0.0189. The van der Waals surface area contributed by atoms with Crippen LogP contribution >= 0.6 is 11.3 Å². The minimum Gasteiger partial charge on any atom is -0.391 e. The van der Waals surface area contributed by atoms with Crippen molar-refractivity contribution in [2.45, 2.75) is 129 Å². The largest absolute Gasteiger partial charge is 0.391 e. The van der Waals surface area contributed by atoms with Gasteiger partial charge in [0, 0.05) is 31.8 Å². The lowest BCUT2D eigenvalue weighted by atomic mass is 9.85. The molecule has 2 heterocycles. The number of hydrogen-bond donors (Lipinski definition) is 5. The average molecular weight is 763 g/mol. The molecule has 1 aliphatic heterocycles. The van der Waals surface area contributed by atoms with E-state index in [1.807, 2.05) is 95.6 Å². The third-order valence-electron chi connectivity index (χ3n) is 10.0. The number of primary amides is 1. The van der Waals surface area contributed by atoms with Gasteiger partial charge in [-0.1, -0.05) is 69.3 Å². The number of ether oxygens (including phenoxy) is 1. The first-order chi connectivity index (χ1) is 25.5. The summed E-state index contributed by atoms with van der Waals surface area (Å²) in [4.78, 5) is 58.6. The van der Waals surface area contributed by atoms with E-state index in [0.717, 1.165) is 45.7 Å². The third-order valence-corrected chi connectivity index (χ3v) is 11.0. The molecule has 4 rings (SSSR count). The number of benzene rings is 2. The van der Waals surface area contributed by atoms with Crippen LogP contribution in [0.2, 0.25) is 0 Å². The Morgan fingerprint density at radius 1 is 1.00 bits per heavy atom. The second-order valence-electron chi connectivity index (χ2n) is 15.6. The molecule has 2 aromatic carbocycles. The Morgan fingerprint density at radius 3 is 2.28 bits per heavy atom. The molecular weight excluding hydrogens is 705 g/mol. The van der Waals surface area contributed by atoms with Gasteiger partial charge < -0.3 is 36.8 Å². The molecule has 6 atom stereocenters. The number of likely N-dealkylation sites (tertiary alicyclic amines) is 1. The number of thiazole rings is 1. The minimum atomic E-state index is -0.874. The lowest BCUT2D eigenvalue weighted by Crippen LogP contribution is -2.57. The van der Waals surface area contributed by atoms with Crippen LogP contribution in [0.15, 0.2) is 54.0 Å². The Labute approximate surface area is 323 Å². The van der Waals surface area contributed by atoms with E-state index in [2.05, 4.69) is 15.6 Å². The number of hydrogen-bond acceptors (Lipinski definition) is 9. The SMILES string of the molecule is Cc1ncsc1-c1ccc(C(C)NC(=O)C2CC(O)CN2C(=O)C(NC(=O)CCCCc2ccc(COC(C)C(N)CCC(N)=O)cc2)C(C)(C)C)cc1. The van der Waals surface area contributed by atoms with Crippen molar-refractivity contribution in [3.05, 3.63) is 76.4 Å². The Bertz CT molecular complexity index is 1710. The van der Waals surface area contributed by atoms with Crippen molar-refractivity contribution in [1.82, 2.24) is 20.5 Å². The molecule has 0 aliphatic carbocycles. The molecule has 54 heavy (non-hydrogen) atoms. The van der Waals surface area contributed by atoms with Crippen molar-refractivity contribution < 1.29 is 29.0 Å². The molecule has 1 aliphatic rings. The van der Waals surface area contributed by atoms with Gasteiger partial charge in [-0.2, -0.15) is 0 Å². The van der Waals surface area contributed by atoms with E-state index in [0.29, 0.717) is 19.4 Å². The molecule has 294 valence electrons. The maximum Gasteiger partial charge on any atom is 0.246 e. The zero-order valence-electron chi connectivity index (χ0n) is 32.5. The fourth-order valence-corrected chi connectivity index (χ4v) is 7.37. The quantitative estimate of drug-likeness (QED) is 0.115. The number of β-amino-alcohol motifs (C(OH)–C–C–N with tert-alkyl or cyclic N) is 1. The fourth-order valence-electron chi connectivity index (χ4n) is 6.56. The van der Waals surface area contributed by atoms with Crippen LogP contribution in [0.25, 0.3) is 10.4 Å². The Morgan fingerprint density at radius 2 is 1.67 bits per heavy atom. The zero-order valence-corrected chi connectivity index (χ0v) is 33.3. The van der Waals surface area contributed by atoms with E-state index in [4.69, 9.17) is 16.2 Å². The summed E-state index contributed by atoms with van der Waals surface area (Å²) in [6.45, 7) is 11.8. The normalized spacial score (nSPS) is 18.1. The van der Waals surface area contributed by atoms with Gasteiger partial charge in [-0.25, -0.2) is 4.98 Å². The maximum absolute atomic E-state index is 14.0. The van der Waals surface area contributed by atoms with Crippen LogP contribution in [0, 0.1) is 12.3 Å². The van der Waals surface area contributed by atoms with Gasteiger partial charge in [-0.3, -0.25) is 19.2 Å². The van der Waals surface area contributed by atoms with E-state index < -0.39 is 23.6 Å². The molecule has 13 heteroatoms. The van der Waals surface area contributed by atoms with Gasteiger partial charge in [-0.15, -0.1) is 11.3 Å². The topological polar surface area (TPSA) is 190 Å². The van der Waals surface area contributed by atoms with E-state index in [1.165, 1.54) is 4.90 Å². The number of rotatable bonds is 18. The van der Waals surface area contributed by atoms with Crippen molar-refractivity contribution >= 4 is 35.0 Å². The molecule has 6 unspecified atom stereocenters. The summed E-state index contributed by atoms with van der Waals surface area (Å²) in [6.07, 6.45) is 2.25. The molecule has 7 N–H and O–H groups in total. The highest BCUT2D eigenvalue weighted by Gasteiger charge is 2.44. The second kappa shape index (κ2) is 19.4. The predicted molar refractivity (Wildman–Crippen MR) is 211 cm³/mol. The number of nitrogens with two attached hydrogens (primary N) is 2. The monoisotopic (exact) mass is 762 g/mol. The van der Waals surface area contributed by atoms with Gasteiger partial charge in [0.15, 0.2) is 0 Å². The van der Waals surface area contributed by atoms with Gasteiger partial charge in [-0.05, 0) is 74.1 Å². The van der Waals surface area contributed by atoms with Gasteiger partial charge in [0.05, 0.1) is 40.9 Å². The molecule has 0 bridgehead atoms. The predicted octanol–water partition coefficient (Wildman–Crippen LogP) is 4.70. The fraction of sp³-hybridized carbons (Fsp3) is 0.537. The van der Waals surface area contributed by atoms with Crippen LogP contribution < -0.4 is 22.1 Å². The maximum atomic E-state index is 14.0. The Balaban J connectivity index is 1.25. The van der Waals surface area contributed by atoms with E-state index >= 15 is 0 Å². The summed E-state index contributed by atoms with van der Waals surface area (Å²) in [5.74, 6) is -1.33. The number of aryl methyl sites for hydroxylation is 2. The van der Waals surface area contributed by atoms with Gasteiger partial charge >= 0.3 is 0 Å². The first-order valence-corrected chi connectivity index (χ1v) is 19.7. The summed E-state index contributed by atoms with van der Waals surface area (Å²) in [5, 5.41) is 16.6. The van der Waals surface area contributed by atoms with Crippen LogP contribution in [0.1, 0.15) is 102 Å². The standard InChI is InChI=1S/C41H58N6O6S/c1-25(30-15-17-31(18-16-30)37-26(2)44-24-54-37)45-39(51)34-21-32(48)22-47(34)40(52)38(41(4,5)6)46-36(50)10-8-7-9-28-11-13-29(14-12-28)23-53-27(3)33(42)19-20-35(43)49/h11-18,24-25,27,32-34,38,48H,7-10,19-23,42H2,1-6H3,(H2,43,49)(H,45,51)(H,46,50). The summed E-state index contributed by atoms with van der Waals surface area (Å²) in [7, 11) is 0. The van der Waals surface area contributed by atoms with Crippen LogP contribution in [-0.2, 0) is 36.9 Å². The number of nitrogens with zero attached hydrogens (tertiary/aromatic N) is 2. The molecule has 1 aromatic heterocycles. The summed E-state index contributed by atoms with van der Waals surface area (Å²) < 4.78 is 5.88.